The minimum absolute atomic E-state index is 0.00115. The average molecular weight is 338 g/mol. The lowest BCUT2D eigenvalue weighted by Gasteiger charge is -2.29. The molecular weight excluding hydrogens is 316 g/mol. The van der Waals surface area contributed by atoms with Crippen LogP contribution in [0.4, 0.5) is 9.59 Å². The van der Waals surface area contributed by atoms with Crippen LogP contribution in [0.2, 0.25) is 0 Å². The second kappa shape index (κ2) is 7.41. The Morgan fingerprint density at radius 1 is 1.08 bits per heavy atom. The monoisotopic (exact) mass is 338 g/mol. The van der Waals surface area contributed by atoms with E-state index in [1.165, 1.54) is 0 Å². The maximum atomic E-state index is 11.9. The van der Waals surface area contributed by atoms with Crippen LogP contribution >= 0.6 is 0 Å². The fourth-order valence-electron chi connectivity index (χ4n) is 3.01. The fraction of sp³-hybridized carbons (Fsp3) is 0.667. The number of imide groups is 3. The van der Waals surface area contributed by atoms with Gasteiger partial charge in [0.15, 0.2) is 0 Å². The number of hydrogen-bond acceptors (Lipinski definition) is 5. The lowest BCUT2D eigenvalue weighted by Crippen LogP contribution is -2.50. The van der Waals surface area contributed by atoms with Crippen molar-refractivity contribution in [2.24, 2.45) is 5.92 Å². The van der Waals surface area contributed by atoms with E-state index in [0.29, 0.717) is 10.8 Å². The average Bonchev–Trinajstić information content (AvgIpc) is 2.73. The molecule has 24 heavy (non-hydrogen) atoms. The molecule has 1 heterocycles. The van der Waals surface area contributed by atoms with Crippen molar-refractivity contribution < 1.29 is 24.0 Å². The summed E-state index contributed by atoms with van der Waals surface area (Å²) in [6.45, 7) is 2.97. The Balaban J connectivity index is 1.86. The first-order valence-electron chi connectivity index (χ1n) is 8.12. The van der Waals surface area contributed by atoms with Gasteiger partial charge < -0.3 is 5.32 Å². The van der Waals surface area contributed by atoms with E-state index in [-0.39, 0.29) is 12.6 Å². The molecule has 9 nitrogen and oxygen atoms in total. The van der Waals surface area contributed by atoms with Crippen molar-refractivity contribution in [3.05, 3.63) is 0 Å². The number of carbonyl (C=O) groups is 5. The van der Waals surface area contributed by atoms with E-state index >= 15 is 0 Å². The third-order valence-electron chi connectivity index (χ3n) is 4.43. The maximum Gasteiger partial charge on any atom is 0.334 e. The van der Waals surface area contributed by atoms with Gasteiger partial charge in [-0.15, -0.1) is 0 Å². The molecule has 1 saturated carbocycles. The van der Waals surface area contributed by atoms with Crippen LogP contribution in [0.5, 0.6) is 0 Å². The largest absolute Gasteiger partial charge is 0.335 e. The van der Waals surface area contributed by atoms with Crippen LogP contribution in [0.15, 0.2) is 0 Å². The van der Waals surface area contributed by atoms with Crippen LogP contribution < -0.4 is 10.6 Å². The molecule has 9 heteroatoms. The van der Waals surface area contributed by atoms with Gasteiger partial charge >= 0.3 is 23.9 Å². The Bertz CT molecular complexity index is 576. The Hall–Kier alpha value is -2.45. The molecule has 2 N–H and O–H groups in total. The second-order valence-corrected chi connectivity index (χ2v) is 6.11. The minimum Gasteiger partial charge on any atom is -0.335 e. The van der Waals surface area contributed by atoms with Gasteiger partial charge in [0.25, 0.3) is 0 Å². The summed E-state index contributed by atoms with van der Waals surface area (Å²) in [7, 11) is 0. The first kappa shape index (κ1) is 17.9. The standard InChI is InChI=1S/C15H22N4O5/c1-3-18-12(21)13(22)19(15(18)24)8-11(20)17-14(23)16-10-7-5-4-6-9(10)2/h9-10H,3-8H2,1-2H3,(H2,16,17,20,23)/t9-,10-/m1/s1. The van der Waals surface area contributed by atoms with Crippen molar-refractivity contribution in [3.8, 4) is 0 Å². The summed E-state index contributed by atoms with van der Waals surface area (Å²) in [5.41, 5.74) is 0. The van der Waals surface area contributed by atoms with Gasteiger partial charge in [0.2, 0.25) is 5.91 Å². The normalized spacial score (nSPS) is 24.3. The molecule has 2 fully saturated rings. The summed E-state index contributed by atoms with van der Waals surface area (Å²) < 4.78 is 0. The number of nitrogens with zero attached hydrogens (tertiary/aromatic N) is 2. The number of urea groups is 2. The summed E-state index contributed by atoms with van der Waals surface area (Å²) in [6.07, 6.45) is 4.02. The molecular formula is C15H22N4O5. The molecule has 0 bridgehead atoms. The number of nitrogens with one attached hydrogen (secondary N) is 2. The summed E-state index contributed by atoms with van der Waals surface area (Å²) in [5, 5.41) is 4.84. The number of rotatable bonds is 4. The Morgan fingerprint density at radius 2 is 1.71 bits per heavy atom. The lowest BCUT2D eigenvalue weighted by atomic mass is 9.86. The molecule has 0 unspecified atom stereocenters. The number of likely N-dealkylation sites (N-methyl/N-ethyl adjacent to an activating group) is 1. The highest BCUT2D eigenvalue weighted by Gasteiger charge is 2.44. The van der Waals surface area contributed by atoms with Crippen LogP contribution in [0, 0.1) is 5.92 Å². The van der Waals surface area contributed by atoms with E-state index in [4.69, 9.17) is 0 Å². The topological polar surface area (TPSA) is 116 Å². The minimum atomic E-state index is -1.06. The first-order valence-corrected chi connectivity index (χ1v) is 8.12. The smallest absolute Gasteiger partial charge is 0.334 e. The summed E-state index contributed by atoms with van der Waals surface area (Å²) in [6, 6.07) is -1.50. The van der Waals surface area contributed by atoms with Gasteiger partial charge in [-0.2, -0.15) is 0 Å². The zero-order valence-corrected chi connectivity index (χ0v) is 13.8. The van der Waals surface area contributed by atoms with Crippen molar-refractivity contribution in [1.29, 1.82) is 0 Å². The van der Waals surface area contributed by atoms with Gasteiger partial charge in [-0.3, -0.25) is 24.6 Å². The van der Waals surface area contributed by atoms with Gasteiger partial charge in [-0.25, -0.2) is 14.5 Å². The van der Waals surface area contributed by atoms with E-state index in [9.17, 15) is 24.0 Å². The SMILES string of the molecule is CCN1C(=O)C(=O)N(CC(=O)NC(=O)N[C@@H]2CCCC[C@H]2C)C1=O. The predicted octanol–water partition coefficient (Wildman–Crippen LogP) is 0.202. The molecule has 0 aromatic rings. The molecule has 2 rings (SSSR count). The molecule has 7 amide bonds. The van der Waals surface area contributed by atoms with E-state index in [2.05, 4.69) is 10.6 Å². The zero-order chi connectivity index (χ0) is 17.9. The molecule has 2 atom stereocenters. The third-order valence-corrected chi connectivity index (χ3v) is 4.43. The van der Waals surface area contributed by atoms with E-state index in [0.717, 1.165) is 30.6 Å². The van der Waals surface area contributed by atoms with Crippen molar-refractivity contribution >= 4 is 29.8 Å². The predicted molar refractivity (Wildman–Crippen MR) is 82.6 cm³/mol. The molecule has 1 aliphatic carbocycles. The van der Waals surface area contributed by atoms with Gasteiger partial charge in [-0.1, -0.05) is 19.8 Å². The summed E-state index contributed by atoms with van der Waals surface area (Å²) in [5.74, 6) is -2.51. The third kappa shape index (κ3) is 3.72. The molecule has 2 aliphatic rings. The van der Waals surface area contributed by atoms with Gasteiger partial charge in [0.05, 0.1) is 0 Å². The van der Waals surface area contributed by atoms with Crippen LogP contribution in [-0.2, 0) is 14.4 Å². The highest BCUT2D eigenvalue weighted by molar-refractivity contribution is 6.45. The van der Waals surface area contributed by atoms with Crippen molar-refractivity contribution in [2.75, 3.05) is 13.1 Å². The lowest BCUT2D eigenvalue weighted by molar-refractivity contribution is -0.143. The quantitative estimate of drug-likeness (QED) is 0.561. The second-order valence-electron chi connectivity index (χ2n) is 6.11. The van der Waals surface area contributed by atoms with E-state index in [1.807, 2.05) is 6.92 Å². The van der Waals surface area contributed by atoms with E-state index < -0.39 is 36.3 Å². The Morgan fingerprint density at radius 3 is 2.29 bits per heavy atom. The van der Waals surface area contributed by atoms with Crippen LogP contribution in [0.3, 0.4) is 0 Å². The van der Waals surface area contributed by atoms with E-state index in [1.54, 1.807) is 6.92 Å². The molecule has 0 aromatic heterocycles. The van der Waals surface area contributed by atoms with Crippen LogP contribution in [0.25, 0.3) is 0 Å². The molecule has 1 saturated heterocycles. The number of hydrogen-bond donors (Lipinski definition) is 2. The van der Waals surface area contributed by atoms with Gasteiger partial charge in [0.1, 0.15) is 6.54 Å². The zero-order valence-electron chi connectivity index (χ0n) is 13.8. The highest BCUT2D eigenvalue weighted by atomic mass is 16.2. The fourth-order valence-corrected chi connectivity index (χ4v) is 3.01. The van der Waals surface area contributed by atoms with Crippen molar-refractivity contribution in [2.45, 2.75) is 45.6 Å². The van der Waals surface area contributed by atoms with Crippen molar-refractivity contribution in [1.82, 2.24) is 20.4 Å². The molecule has 0 spiro atoms. The Labute approximate surface area is 139 Å². The summed E-state index contributed by atoms with van der Waals surface area (Å²) in [4.78, 5) is 60.2. The maximum absolute atomic E-state index is 11.9. The molecule has 0 radical (unpaired) electrons. The highest BCUT2D eigenvalue weighted by Crippen LogP contribution is 2.23. The molecule has 132 valence electrons. The van der Waals surface area contributed by atoms with Crippen LogP contribution in [0.1, 0.15) is 39.5 Å². The Kier molecular flexibility index (Phi) is 5.53. The van der Waals surface area contributed by atoms with Gasteiger partial charge in [0, 0.05) is 12.6 Å². The van der Waals surface area contributed by atoms with Crippen molar-refractivity contribution in [3.63, 3.8) is 0 Å². The van der Waals surface area contributed by atoms with Crippen LogP contribution in [-0.4, -0.2) is 58.7 Å². The molecule has 1 aliphatic heterocycles. The van der Waals surface area contributed by atoms with Gasteiger partial charge in [-0.05, 0) is 25.7 Å². The number of amides is 7. The first-order chi connectivity index (χ1) is 11.3. The number of carbonyl (C=O) groups excluding carboxylic acids is 5. The summed E-state index contributed by atoms with van der Waals surface area (Å²) >= 11 is 0. The molecule has 0 aromatic carbocycles.